The lowest BCUT2D eigenvalue weighted by Crippen LogP contribution is -2.28. The van der Waals surface area contributed by atoms with Crippen LogP contribution in [0.25, 0.3) is 0 Å². The number of thiazole rings is 1. The molecule has 1 aromatic rings. The molecule has 1 amide bonds. The van der Waals surface area contributed by atoms with E-state index in [1.165, 1.54) is 24.2 Å². The maximum atomic E-state index is 12.3. The summed E-state index contributed by atoms with van der Waals surface area (Å²) in [6.07, 6.45) is 2.47. The Morgan fingerprint density at radius 3 is 2.58 bits per heavy atom. The van der Waals surface area contributed by atoms with E-state index in [1.807, 2.05) is 7.05 Å². The SMILES string of the molecule is CCN(CC)c1nc(N)c(C(=O)N(C)CC2CC2)s1. The summed E-state index contributed by atoms with van der Waals surface area (Å²) in [5, 5.41) is 0.839. The minimum absolute atomic E-state index is 0.000283. The molecule has 2 rings (SSSR count). The van der Waals surface area contributed by atoms with Gasteiger partial charge in [0, 0.05) is 26.7 Å². The molecule has 6 heteroatoms. The topological polar surface area (TPSA) is 62.5 Å². The second-order valence-electron chi connectivity index (χ2n) is 5.01. The quantitative estimate of drug-likeness (QED) is 0.867. The van der Waals surface area contributed by atoms with Gasteiger partial charge in [-0.25, -0.2) is 4.98 Å². The first-order valence-corrected chi connectivity index (χ1v) is 7.65. The maximum Gasteiger partial charge on any atom is 0.267 e. The minimum atomic E-state index is 0.000283. The van der Waals surface area contributed by atoms with Crippen LogP contribution in [0, 0.1) is 5.92 Å². The Morgan fingerprint density at radius 2 is 2.05 bits per heavy atom. The third-order valence-corrected chi connectivity index (χ3v) is 4.57. The molecule has 0 spiro atoms. The van der Waals surface area contributed by atoms with Crippen molar-refractivity contribution < 1.29 is 4.79 Å². The Kier molecular flexibility index (Phi) is 4.29. The van der Waals surface area contributed by atoms with Crippen molar-refractivity contribution in [1.29, 1.82) is 0 Å². The third kappa shape index (κ3) is 3.18. The number of anilines is 2. The van der Waals surface area contributed by atoms with Crippen molar-refractivity contribution in [3.8, 4) is 0 Å². The van der Waals surface area contributed by atoms with Gasteiger partial charge < -0.3 is 15.5 Å². The van der Waals surface area contributed by atoms with Crippen molar-refractivity contribution in [2.24, 2.45) is 5.92 Å². The molecule has 2 N–H and O–H groups in total. The van der Waals surface area contributed by atoms with Crippen LogP contribution in [0.15, 0.2) is 0 Å². The van der Waals surface area contributed by atoms with E-state index in [1.54, 1.807) is 4.90 Å². The molecule has 106 valence electrons. The van der Waals surface area contributed by atoms with Crippen molar-refractivity contribution >= 4 is 28.2 Å². The predicted octanol–water partition coefficient (Wildman–Crippen LogP) is 2.05. The molecule has 1 fully saturated rings. The minimum Gasteiger partial charge on any atom is -0.382 e. The Morgan fingerprint density at radius 1 is 1.42 bits per heavy atom. The van der Waals surface area contributed by atoms with E-state index < -0.39 is 0 Å². The first-order chi connectivity index (χ1) is 9.06. The highest BCUT2D eigenvalue weighted by Gasteiger charge is 2.27. The molecule has 19 heavy (non-hydrogen) atoms. The highest BCUT2D eigenvalue weighted by atomic mass is 32.1. The van der Waals surface area contributed by atoms with Crippen LogP contribution in [-0.4, -0.2) is 42.5 Å². The molecule has 1 saturated carbocycles. The molecule has 0 aromatic carbocycles. The first kappa shape index (κ1) is 14.1. The number of nitrogens with two attached hydrogens (primary N) is 1. The van der Waals surface area contributed by atoms with Crippen LogP contribution in [-0.2, 0) is 0 Å². The van der Waals surface area contributed by atoms with E-state index in [2.05, 4.69) is 23.7 Å². The van der Waals surface area contributed by atoms with E-state index in [4.69, 9.17) is 5.73 Å². The molecule has 0 atom stereocenters. The van der Waals surface area contributed by atoms with Crippen molar-refractivity contribution in [1.82, 2.24) is 9.88 Å². The molecular formula is C13H22N4OS. The lowest BCUT2D eigenvalue weighted by atomic mass is 10.3. The second-order valence-corrected chi connectivity index (χ2v) is 5.99. The van der Waals surface area contributed by atoms with Crippen LogP contribution in [0.2, 0.25) is 0 Å². The average Bonchev–Trinajstić information content (AvgIpc) is 3.12. The maximum absolute atomic E-state index is 12.3. The fraction of sp³-hybridized carbons (Fsp3) is 0.692. The third-order valence-electron chi connectivity index (χ3n) is 3.45. The summed E-state index contributed by atoms with van der Waals surface area (Å²) in [5.41, 5.74) is 5.90. The summed E-state index contributed by atoms with van der Waals surface area (Å²) in [5.74, 6) is 1.05. The number of hydrogen-bond acceptors (Lipinski definition) is 5. The molecule has 0 saturated heterocycles. The number of nitrogen functional groups attached to an aromatic ring is 1. The van der Waals surface area contributed by atoms with Gasteiger partial charge in [0.25, 0.3) is 5.91 Å². The Hall–Kier alpha value is -1.30. The van der Waals surface area contributed by atoms with Crippen molar-refractivity contribution in [2.75, 3.05) is 37.3 Å². The zero-order valence-electron chi connectivity index (χ0n) is 11.8. The summed E-state index contributed by atoms with van der Waals surface area (Å²) in [6, 6.07) is 0. The Bertz CT molecular complexity index is 451. The molecule has 1 aliphatic carbocycles. The van der Waals surface area contributed by atoms with Crippen molar-refractivity contribution in [3.63, 3.8) is 0 Å². The summed E-state index contributed by atoms with van der Waals surface area (Å²) in [7, 11) is 1.84. The molecule has 1 heterocycles. The zero-order valence-corrected chi connectivity index (χ0v) is 12.7. The Balaban J connectivity index is 2.12. The van der Waals surface area contributed by atoms with Crippen LogP contribution < -0.4 is 10.6 Å². The molecule has 0 radical (unpaired) electrons. The molecule has 0 bridgehead atoms. The molecule has 1 aliphatic rings. The van der Waals surface area contributed by atoms with Gasteiger partial charge >= 0.3 is 0 Å². The number of carbonyl (C=O) groups excluding carboxylic acids is 1. The van der Waals surface area contributed by atoms with Gasteiger partial charge in [0.1, 0.15) is 10.7 Å². The normalized spacial score (nSPS) is 14.5. The monoisotopic (exact) mass is 282 g/mol. The smallest absolute Gasteiger partial charge is 0.267 e. The molecule has 5 nitrogen and oxygen atoms in total. The lowest BCUT2D eigenvalue weighted by Gasteiger charge is -2.17. The van der Waals surface area contributed by atoms with Crippen molar-refractivity contribution in [2.45, 2.75) is 26.7 Å². The zero-order chi connectivity index (χ0) is 14.0. The number of hydrogen-bond donors (Lipinski definition) is 1. The number of rotatable bonds is 6. The fourth-order valence-corrected chi connectivity index (χ4v) is 3.15. The van der Waals surface area contributed by atoms with Gasteiger partial charge in [0.05, 0.1) is 0 Å². The highest BCUT2D eigenvalue weighted by molar-refractivity contribution is 7.18. The number of nitrogens with zero attached hydrogens (tertiary/aromatic N) is 3. The lowest BCUT2D eigenvalue weighted by molar-refractivity contribution is 0.0794. The van der Waals surface area contributed by atoms with Crippen LogP contribution >= 0.6 is 11.3 Å². The average molecular weight is 282 g/mol. The summed E-state index contributed by atoms with van der Waals surface area (Å²) in [4.78, 5) is 21.1. The molecule has 1 aromatic heterocycles. The van der Waals surface area contributed by atoms with Crippen LogP contribution in [0.3, 0.4) is 0 Å². The largest absolute Gasteiger partial charge is 0.382 e. The van der Waals surface area contributed by atoms with E-state index >= 15 is 0 Å². The Labute approximate surface area is 118 Å². The first-order valence-electron chi connectivity index (χ1n) is 6.83. The van der Waals surface area contributed by atoms with Crippen LogP contribution in [0.5, 0.6) is 0 Å². The molecule has 0 aliphatic heterocycles. The summed E-state index contributed by atoms with van der Waals surface area (Å²) in [6.45, 7) is 6.71. The van der Waals surface area contributed by atoms with Gasteiger partial charge in [-0.15, -0.1) is 0 Å². The van der Waals surface area contributed by atoms with E-state index in [9.17, 15) is 4.79 Å². The summed E-state index contributed by atoms with van der Waals surface area (Å²) < 4.78 is 0. The van der Waals surface area contributed by atoms with Gasteiger partial charge in [-0.05, 0) is 32.6 Å². The summed E-state index contributed by atoms with van der Waals surface area (Å²) >= 11 is 1.40. The molecule has 0 unspecified atom stereocenters. The standard InChI is InChI=1S/C13H22N4OS/c1-4-17(5-2)13-15-11(14)10(19-13)12(18)16(3)8-9-6-7-9/h9H,4-8,14H2,1-3H3. The van der Waals surface area contributed by atoms with Gasteiger partial charge in [-0.3, -0.25) is 4.79 Å². The van der Waals surface area contributed by atoms with Gasteiger partial charge in [-0.1, -0.05) is 11.3 Å². The fourth-order valence-electron chi connectivity index (χ4n) is 2.05. The van der Waals surface area contributed by atoms with E-state index in [0.29, 0.717) is 16.6 Å². The predicted molar refractivity (Wildman–Crippen MR) is 79.8 cm³/mol. The highest BCUT2D eigenvalue weighted by Crippen LogP contribution is 2.32. The van der Waals surface area contributed by atoms with Gasteiger partial charge in [-0.2, -0.15) is 0 Å². The number of carbonyl (C=O) groups is 1. The van der Waals surface area contributed by atoms with Gasteiger partial charge in [0.15, 0.2) is 5.13 Å². The van der Waals surface area contributed by atoms with Gasteiger partial charge in [0.2, 0.25) is 0 Å². The van der Waals surface area contributed by atoms with Crippen LogP contribution in [0.4, 0.5) is 10.9 Å². The van der Waals surface area contributed by atoms with E-state index in [0.717, 1.165) is 24.8 Å². The van der Waals surface area contributed by atoms with E-state index in [-0.39, 0.29) is 5.91 Å². The van der Waals surface area contributed by atoms with Crippen LogP contribution in [0.1, 0.15) is 36.4 Å². The number of amides is 1. The van der Waals surface area contributed by atoms with Crippen molar-refractivity contribution in [3.05, 3.63) is 4.88 Å². The molecular weight excluding hydrogens is 260 g/mol. The number of aromatic nitrogens is 1. The second kappa shape index (κ2) is 5.77.